The van der Waals surface area contributed by atoms with Gasteiger partial charge in [0.15, 0.2) is 11.4 Å². The third-order valence-corrected chi connectivity index (χ3v) is 2.00. The van der Waals surface area contributed by atoms with Crippen LogP contribution in [0.15, 0.2) is 21.7 Å². The van der Waals surface area contributed by atoms with Gasteiger partial charge in [-0.1, -0.05) is 0 Å². The topological polar surface area (TPSA) is 81.0 Å². The summed E-state index contributed by atoms with van der Waals surface area (Å²) in [7, 11) is 0.982. The van der Waals surface area contributed by atoms with Crippen molar-refractivity contribution >= 4 is 0 Å². The predicted molar refractivity (Wildman–Crippen MR) is 51.9 cm³/mol. The highest BCUT2D eigenvalue weighted by atomic mass is 19.4. The van der Waals surface area contributed by atoms with E-state index in [-0.39, 0.29) is 11.7 Å². The minimum absolute atomic E-state index is 0.112. The molecule has 6 nitrogen and oxygen atoms in total. The first-order valence-corrected chi connectivity index (χ1v) is 4.59. The molecule has 0 amide bonds. The van der Waals surface area contributed by atoms with Crippen LogP contribution in [0.25, 0.3) is 11.7 Å². The highest BCUT2D eigenvalue weighted by Gasteiger charge is 2.39. The molecule has 0 aliphatic carbocycles. The van der Waals surface area contributed by atoms with Crippen LogP contribution >= 0.6 is 0 Å². The lowest BCUT2D eigenvalue weighted by Crippen LogP contribution is -2.24. The number of alkyl halides is 3. The lowest BCUT2D eigenvalue weighted by atomic mass is 10.3. The molecule has 96 valence electrons. The van der Waals surface area contributed by atoms with E-state index in [1.807, 2.05) is 4.98 Å². The first-order valence-electron chi connectivity index (χ1n) is 4.59. The third kappa shape index (κ3) is 2.06. The lowest BCUT2D eigenvalue weighted by Gasteiger charge is -2.09. The average Bonchev–Trinajstić information content (AvgIpc) is 2.79. The van der Waals surface area contributed by atoms with Gasteiger partial charge in [0, 0.05) is 0 Å². The van der Waals surface area contributed by atoms with Crippen molar-refractivity contribution < 1.29 is 22.3 Å². The molecule has 2 heterocycles. The molecule has 9 heteroatoms. The van der Waals surface area contributed by atoms with Crippen molar-refractivity contribution in [1.82, 2.24) is 15.0 Å². The molecule has 0 fully saturated rings. The molecule has 0 spiro atoms. The Morgan fingerprint density at radius 3 is 2.67 bits per heavy atom. The van der Waals surface area contributed by atoms with Crippen LogP contribution in [0.5, 0.6) is 5.88 Å². The van der Waals surface area contributed by atoms with Crippen molar-refractivity contribution in [1.29, 1.82) is 0 Å². The summed E-state index contributed by atoms with van der Waals surface area (Å²) in [5.74, 6) is -1.19. The number of methoxy groups -OCH3 is 1. The average molecular weight is 261 g/mol. The summed E-state index contributed by atoms with van der Waals surface area (Å²) in [5, 5.41) is 0. The molecule has 2 rings (SSSR count). The number of H-pyrrole nitrogens is 1. The van der Waals surface area contributed by atoms with Crippen LogP contribution in [0.2, 0.25) is 0 Å². The van der Waals surface area contributed by atoms with Crippen molar-refractivity contribution in [3.63, 3.8) is 0 Å². The zero-order valence-corrected chi connectivity index (χ0v) is 8.91. The first kappa shape index (κ1) is 12.1. The maximum absolute atomic E-state index is 12.6. The molecular weight excluding hydrogens is 255 g/mol. The number of nitrogens with zero attached hydrogens (tertiary/aromatic N) is 2. The second-order valence-electron chi connectivity index (χ2n) is 3.13. The fourth-order valence-corrected chi connectivity index (χ4v) is 1.29. The minimum Gasteiger partial charge on any atom is -0.480 e. The molecule has 0 saturated heterocycles. The monoisotopic (exact) mass is 261 g/mol. The van der Waals surface area contributed by atoms with E-state index >= 15 is 0 Å². The van der Waals surface area contributed by atoms with Gasteiger partial charge >= 0.3 is 6.18 Å². The van der Waals surface area contributed by atoms with Crippen molar-refractivity contribution in [3.05, 3.63) is 28.4 Å². The highest BCUT2D eigenvalue weighted by molar-refractivity contribution is 5.43. The van der Waals surface area contributed by atoms with E-state index in [0.717, 1.165) is 7.11 Å². The van der Waals surface area contributed by atoms with Gasteiger partial charge in [-0.05, 0) is 0 Å². The van der Waals surface area contributed by atoms with E-state index in [2.05, 4.69) is 14.7 Å². The van der Waals surface area contributed by atoms with Crippen LogP contribution in [0.3, 0.4) is 0 Å². The van der Waals surface area contributed by atoms with Crippen molar-refractivity contribution in [2.45, 2.75) is 6.18 Å². The van der Waals surface area contributed by atoms with Crippen LogP contribution in [0, 0.1) is 0 Å². The summed E-state index contributed by atoms with van der Waals surface area (Å²) >= 11 is 0. The van der Waals surface area contributed by atoms with Gasteiger partial charge in [0.2, 0.25) is 5.88 Å². The summed E-state index contributed by atoms with van der Waals surface area (Å²) < 4.78 is 47.1. The standard InChI is InChI=1S/C9H6F3N3O3/c1-17-7-4(9(10,11)12)6(16)14-5(15-7)8-13-2-3-18-8/h2-3H,1H3,(H,14,15,16). The van der Waals surface area contributed by atoms with E-state index < -0.39 is 23.2 Å². The maximum atomic E-state index is 12.6. The first-order chi connectivity index (χ1) is 8.43. The lowest BCUT2D eigenvalue weighted by molar-refractivity contribution is -0.140. The van der Waals surface area contributed by atoms with Gasteiger partial charge in [0.05, 0.1) is 13.3 Å². The Balaban J connectivity index is 2.65. The summed E-state index contributed by atoms with van der Waals surface area (Å²) in [4.78, 5) is 20.5. The molecule has 0 bridgehead atoms. The van der Waals surface area contributed by atoms with E-state index in [1.54, 1.807) is 0 Å². The molecule has 0 aromatic carbocycles. The Hall–Kier alpha value is -2.32. The second kappa shape index (κ2) is 4.17. The van der Waals surface area contributed by atoms with Crippen molar-refractivity contribution in [2.75, 3.05) is 7.11 Å². The Bertz CT molecular complexity index is 604. The van der Waals surface area contributed by atoms with E-state index in [0.29, 0.717) is 0 Å². The van der Waals surface area contributed by atoms with Gasteiger partial charge in [0.25, 0.3) is 11.4 Å². The van der Waals surface area contributed by atoms with Gasteiger partial charge in [-0.25, -0.2) is 4.98 Å². The van der Waals surface area contributed by atoms with Gasteiger partial charge in [-0.15, -0.1) is 0 Å². The number of hydrogen-bond acceptors (Lipinski definition) is 5. The molecule has 0 aliphatic heterocycles. The van der Waals surface area contributed by atoms with Gasteiger partial charge < -0.3 is 14.1 Å². The number of aromatic amines is 1. The number of ether oxygens (including phenoxy) is 1. The summed E-state index contributed by atoms with van der Waals surface area (Å²) in [6.07, 6.45) is -2.40. The molecule has 0 aliphatic rings. The Morgan fingerprint density at radius 1 is 1.44 bits per heavy atom. The zero-order chi connectivity index (χ0) is 13.3. The largest absolute Gasteiger partial charge is 0.480 e. The van der Waals surface area contributed by atoms with Crippen LogP contribution < -0.4 is 10.3 Å². The van der Waals surface area contributed by atoms with Gasteiger partial charge in [-0.2, -0.15) is 18.2 Å². The molecule has 2 aromatic rings. The number of halogens is 3. The number of rotatable bonds is 2. The fourth-order valence-electron chi connectivity index (χ4n) is 1.29. The fraction of sp³-hybridized carbons (Fsp3) is 0.222. The number of oxazole rings is 1. The minimum atomic E-state index is -4.86. The third-order valence-electron chi connectivity index (χ3n) is 2.00. The van der Waals surface area contributed by atoms with E-state index in [9.17, 15) is 18.0 Å². The van der Waals surface area contributed by atoms with Gasteiger partial charge in [-0.3, -0.25) is 4.79 Å². The molecule has 2 aromatic heterocycles. The molecule has 0 radical (unpaired) electrons. The highest BCUT2D eigenvalue weighted by Crippen LogP contribution is 2.32. The number of nitrogens with one attached hydrogen (secondary N) is 1. The van der Waals surface area contributed by atoms with E-state index in [1.165, 1.54) is 12.5 Å². The zero-order valence-electron chi connectivity index (χ0n) is 8.91. The maximum Gasteiger partial charge on any atom is 0.426 e. The molecule has 18 heavy (non-hydrogen) atoms. The summed E-state index contributed by atoms with van der Waals surface area (Å²) in [6.45, 7) is 0. The summed E-state index contributed by atoms with van der Waals surface area (Å²) in [6, 6.07) is 0. The van der Waals surface area contributed by atoms with Crippen LogP contribution in [-0.4, -0.2) is 22.1 Å². The number of aromatic nitrogens is 3. The predicted octanol–water partition coefficient (Wildman–Crippen LogP) is 1.45. The van der Waals surface area contributed by atoms with Crippen molar-refractivity contribution in [2.24, 2.45) is 0 Å². The Morgan fingerprint density at radius 2 is 2.17 bits per heavy atom. The molecule has 0 unspecified atom stereocenters. The van der Waals surface area contributed by atoms with Crippen LogP contribution in [0.1, 0.15) is 5.56 Å². The smallest absolute Gasteiger partial charge is 0.426 e. The van der Waals surface area contributed by atoms with Crippen LogP contribution in [0.4, 0.5) is 13.2 Å². The number of hydrogen-bond donors (Lipinski definition) is 1. The molecule has 1 N–H and O–H groups in total. The second-order valence-corrected chi connectivity index (χ2v) is 3.13. The molecule has 0 saturated carbocycles. The van der Waals surface area contributed by atoms with Crippen molar-refractivity contribution in [3.8, 4) is 17.6 Å². The van der Waals surface area contributed by atoms with E-state index in [4.69, 9.17) is 4.42 Å². The summed E-state index contributed by atoms with van der Waals surface area (Å²) in [5.41, 5.74) is -2.87. The Kier molecular flexibility index (Phi) is 2.81. The molecular formula is C9H6F3N3O3. The van der Waals surface area contributed by atoms with Gasteiger partial charge in [0.1, 0.15) is 6.26 Å². The Labute approximate surface area is 97.4 Å². The normalized spacial score (nSPS) is 11.6. The van der Waals surface area contributed by atoms with Crippen LogP contribution in [-0.2, 0) is 6.18 Å². The quantitative estimate of drug-likeness (QED) is 0.884. The SMILES string of the molecule is COc1nc(-c2ncco2)[nH]c(=O)c1C(F)(F)F. The molecule has 0 atom stereocenters.